The molecular weight excluding hydrogens is 348 g/mol. The fraction of sp³-hybridized carbons (Fsp3) is 0.650. The van der Waals surface area contributed by atoms with Crippen molar-refractivity contribution in [3.05, 3.63) is 33.9 Å². The van der Waals surface area contributed by atoms with Gasteiger partial charge in [0.1, 0.15) is 5.76 Å². The largest absolute Gasteiger partial charge is 0.456 e. The minimum absolute atomic E-state index is 0.0746. The molecule has 0 saturated carbocycles. The highest BCUT2D eigenvalue weighted by Crippen LogP contribution is 2.23. The maximum Gasteiger partial charge on any atom is 0.289 e. The Bertz CT molecular complexity index is 715. The maximum absolute atomic E-state index is 12.5. The van der Waals surface area contributed by atoms with Gasteiger partial charge in [-0.3, -0.25) is 14.4 Å². The van der Waals surface area contributed by atoms with Crippen molar-refractivity contribution in [1.82, 2.24) is 10.2 Å². The number of ether oxygens (including phenoxy) is 1. The first-order valence-corrected chi connectivity index (χ1v) is 9.80. The van der Waals surface area contributed by atoms with Crippen LogP contribution >= 0.6 is 0 Å². The zero-order valence-corrected chi connectivity index (χ0v) is 15.9. The molecule has 0 aromatic carbocycles. The molecule has 2 saturated heterocycles. The molecule has 0 spiro atoms. The van der Waals surface area contributed by atoms with Crippen molar-refractivity contribution in [2.75, 3.05) is 26.2 Å². The molecule has 1 aromatic heterocycles. The molecule has 1 aromatic rings. The summed E-state index contributed by atoms with van der Waals surface area (Å²) in [6.45, 7) is 4.31. The van der Waals surface area contributed by atoms with E-state index in [1.807, 2.05) is 0 Å². The van der Waals surface area contributed by atoms with Crippen LogP contribution in [0.4, 0.5) is 0 Å². The molecule has 2 amide bonds. The maximum atomic E-state index is 12.5. The molecule has 2 aliphatic rings. The molecule has 2 fully saturated rings. The molecule has 27 heavy (non-hydrogen) atoms. The van der Waals surface area contributed by atoms with E-state index in [1.54, 1.807) is 11.8 Å². The van der Waals surface area contributed by atoms with Crippen molar-refractivity contribution < 1.29 is 18.7 Å². The third kappa shape index (κ3) is 5.66. The summed E-state index contributed by atoms with van der Waals surface area (Å²) in [5.74, 6) is 0.822. The summed E-state index contributed by atoms with van der Waals surface area (Å²) < 4.78 is 10.9. The second kappa shape index (κ2) is 9.17. The lowest BCUT2D eigenvalue weighted by molar-refractivity contribution is -0.122. The van der Waals surface area contributed by atoms with Crippen molar-refractivity contribution in [3.8, 4) is 0 Å². The van der Waals surface area contributed by atoms with Gasteiger partial charge in [0.15, 0.2) is 11.2 Å². The number of carbonyl (C=O) groups excluding carboxylic acids is 2. The average molecular weight is 376 g/mol. The van der Waals surface area contributed by atoms with Gasteiger partial charge in [0.25, 0.3) is 5.91 Å². The Labute approximate surface area is 159 Å². The van der Waals surface area contributed by atoms with Crippen LogP contribution in [-0.4, -0.2) is 49.1 Å². The quantitative estimate of drug-likeness (QED) is 0.819. The lowest BCUT2D eigenvalue weighted by Crippen LogP contribution is -2.39. The number of hydrogen-bond donors (Lipinski definition) is 1. The zero-order chi connectivity index (χ0) is 19.2. The molecule has 0 radical (unpaired) electrons. The van der Waals surface area contributed by atoms with Crippen LogP contribution in [-0.2, 0) is 9.53 Å². The second-order valence-electron chi connectivity index (χ2n) is 7.48. The van der Waals surface area contributed by atoms with Gasteiger partial charge in [-0.25, -0.2) is 0 Å². The number of likely N-dealkylation sites (tertiary alicyclic amines) is 1. The fourth-order valence-corrected chi connectivity index (χ4v) is 3.75. The number of carbonyl (C=O) groups is 2. The van der Waals surface area contributed by atoms with E-state index in [9.17, 15) is 14.4 Å². The van der Waals surface area contributed by atoms with Crippen molar-refractivity contribution >= 4 is 11.8 Å². The number of rotatable bonds is 6. The lowest BCUT2D eigenvalue weighted by atomic mass is 9.92. The van der Waals surface area contributed by atoms with Gasteiger partial charge in [-0.05, 0) is 44.9 Å². The van der Waals surface area contributed by atoms with Crippen LogP contribution in [0.3, 0.4) is 0 Å². The number of aryl methyl sites for hydroxylation is 1. The molecule has 3 rings (SSSR count). The monoisotopic (exact) mass is 376 g/mol. The number of nitrogens with zero attached hydrogens (tertiary/aromatic N) is 1. The Balaban J connectivity index is 1.38. The van der Waals surface area contributed by atoms with Crippen LogP contribution in [0.2, 0.25) is 0 Å². The number of nitrogens with one attached hydrogen (secondary N) is 1. The molecule has 3 heterocycles. The first-order valence-electron chi connectivity index (χ1n) is 9.80. The minimum atomic E-state index is -0.233. The summed E-state index contributed by atoms with van der Waals surface area (Å²) in [6.07, 6.45) is 5.33. The van der Waals surface area contributed by atoms with Crippen LogP contribution in [0.5, 0.6) is 0 Å². The van der Waals surface area contributed by atoms with Crippen LogP contribution in [0.15, 0.2) is 21.3 Å². The van der Waals surface area contributed by atoms with Gasteiger partial charge in [0, 0.05) is 44.8 Å². The van der Waals surface area contributed by atoms with Crippen molar-refractivity contribution in [2.45, 2.75) is 51.6 Å². The standard InChI is InChI=1S/C20H28N2O5/c1-14-11-16(23)12-18(27-14)20(25)22-8-6-15(7-9-22)4-5-19(24)21-13-17-3-2-10-26-17/h11-12,15,17H,2-10,13H2,1H3,(H,21,24)/t17-/m1/s1. The average Bonchev–Trinajstić information content (AvgIpc) is 3.17. The molecule has 0 bridgehead atoms. The van der Waals surface area contributed by atoms with Crippen LogP contribution in [0.25, 0.3) is 0 Å². The van der Waals surface area contributed by atoms with E-state index >= 15 is 0 Å². The van der Waals surface area contributed by atoms with E-state index in [2.05, 4.69) is 5.32 Å². The van der Waals surface area contributed by atoms with Gasteiger partial charge >= 0.3 is 0 Å². The van der Waals surface area contributed by atoms with Gasteiger partial charge in [-0.15, -0.1) is 0 Å². The second-order valence-corrected chi connectivity index (χ2v) is 7.48. The highest BCUT2D eigenvalue weighted by atomic mass is 16.5. The van der Waals surface area contributed by atoms with E-state index < -0.39 is 0 Å². The van der Waals surface area contributed by atoms with E-state index in [1.165, 1.54) is 12.1 Å². The SMILES string of the molecule is Cc1cc(=O)cc(C(=O)N2CCC(CCC(=O)NC[C@H]3CCCO3)CC2)o1. The Kier molecular flexibility index (Phi) is 6.66. The summed E-state index contributed by atoms with van der Waals surface area (Å²) in [6, 6.07) is 2.62. The molecule has 7 nitrogen and oxygen atoms in total. The fourth-order valence-electron chi connectivity index (χ4n) is 3.75. The Morgan fingerprint density at radius 2 is 2.00 bits per heavy atom. The van der Waals surface area contributed by atoms with Crippen LogP contribution < -0.4 is 10.7 Å². The molecule has 0 aliphatic carbocycles. The number of hydrogen-bond acceptors (Lipinski definition) is 5. The number of piperidine rings is 1. The topological polar surface area (TPSA) is 88.9 Å². The molecule has 0 unspecified atom stereocenters. The van der Waals surface area contributed by atoms with E-state index in [-0.39, 0.29) is 29.1 Å². The van der Waals surface area contributed by atoms with E-state index in [0.717, 1.165) is 38.7 Å². The van der Waals surface area contributed by atoms with E-state index in [4.69, 9.17) is 9.15 Å². The van der Waals surface area contributed by atoms with Crippen molar-refractivity contribution in [1.29, 1.82) is 0 Å². The molecule has 1 N–H and O–H groups in total. The normalized spacial score (nSPS) is 20.6. The van der Waals surface area contributed by atoms with Crippen molar-refractivity contribution in [3.63, 3.8) is 0 Å². The highest BCUT2D eigenvalue weighted by molar-refractivity contribution is 5.91. The lowest BCUT2D eigenvalue weighted by Gasteiger charge is -2.31. The van der Waals surface area contributed by atoms with Crippen LogP contribution in [0, 0.1) is 12.8 Å². The third-order valence-electron chi connectivity index (χ3n) is 5.33. The van der Waals surface area contributed by atoms with E-state index in [0.29, 0.717) is 37.7 Å². The summed E-state index contributed by atoms with van der Waals surface area (Å²) in [5.41, 5.74) is -0.217. The molecule has 148 valence electrons. The Morgan fingerprint density at radius 3 is 2.67 bits per heavy atom. The summed E-state index contributed by atoms with van der Waals surface area (Å²) in [5, 5.41) is 2.95. The third-order valence-corrected chi connectivity index (χ3v) is 5.33. The van der Waals surface area contributed by atoms with Gasteiger partial charge in [0.05, 0.1) is 6.10 Å². The molecule has 7 heteroatoms. The van der Waals surface area contributed by atoms with Gasteiger partial charge in [-0.1, -0.05) is 0 Å². The minimum Gasteiger partial charge on any atom is -0.456 e. The number of amides is 2. The van der Waals surface area contributed by atoms with Crippen molar-refractivity contribution in [2.24, 2.45) is 5.92 Å². The predicted molar refractivity (Wildman–Crippen MR) is 99.6 cm³/mol. The summed E-state index contributed by atoms with van der Waals surface area (Å²) in [7, 11) is 0. The highest BCUT2D eigenvalue weighted by Gasteiger charge is 2.25. The van der Waals surface area contributed by atoms with Gasteiger partial charge in [0.2, 0.25) is 5.91 Å². The first kappa shape index (κ1) is 19.6. The predicted octanol–water partition coefficient (Wildman–Crippen LogP) is 1.88. The van der Waals surface area contributed by atoms with Gasteiger partial charge in [-0.2, -0.15) is 0 Å². The Hall–Kier alpha value is -2.15. The summed E-state index contributed by atoms with van der Waals surface area (Å²) >= 11 is 0. The smallest absolute Gasteiger partial charge is 0.289 e. The molecule has 1 atom stereocenters. The van der Waals surface area contributed by atoms with Crippen LogP contribution in [0.1, 0.15) is 54.8 Å². The summed E-state index contributed by atoms with van der Waals surface area (Å²) in [4.78, 5) is 37.8. The molecular formula is C20H28N2O5. The Morgan fingerprint density at radius 1 is 1.22 bits per heavy atom. The zero-order valence-electron chi connectivity index (χ0n) is 15.9. The molecule has 2 aliphatic heterocycles. The van der Waals surface area contributed by atoms with Gasteiger partial charge < -0.3 is 19.4 Å². The first-order chi connectivity index (χ1) is 13.0.